The van der Waals surface area contributed by atoms with Gasteiger partial charge in [-0.3, -0.25) is 4.79 Å². The number of thioether (sulfide) groups is 1. The highest BCUT2D eigenvalue weighted by Crippen LogP contribution is 2.31. The lowest BCUT2D eigenvalue weighted by atomic mass is 10.0. The molecule has 1 amide bonds. The summed E-state index contributed by atoms with van der Waals surface area (Å²) in [6, 6.07) is 8.94. The Bertz CT molecular complexity index is 496. The van der Waals surface area contributed by atoms with Crippen LogP contribution in [0.3, 0.4) is 0 Å². The molecule has 4 heteroatoms. The van der Waals surface area contributed by atoms with Gasteiger partial charge in [0.15, 0.2) is 0 Å². The van der Waals surface area contributed by atoms with Crippen LogP contribution < -0.4 is 5.32 Å². The number of hydrogen-bond donors (Lipinski definition) is 1. The Labute approximate surface area is 137 Å². The van der Waals surface area contributed by atoms with E-state index in [9.17, 15) is 4.79 Å². The highest BCUT2D eigenvalue weighted by molar-refractivity contribution is 7.99. The standard InChI is InChI=1S/C18H26N2OS/c1-14-2-5-16(6-3-14)17-13-22-11-10-20(17)18(21)7-4-15-8-9-19-12-15/h2-3,5-6,15,17,19H,4,7-13H2,1H3. The number of amides is 1. The van der Waals surface area contributed by atoms with Crippen molar-refractivity contribution >= 4 is 17.7 Å². The Hall–Kier alpha value is -1.00. The van der Waals surface area contributed by atoms with Gasteiger partial charge in [0, 0.05) is 24.5 Å². The predicted molar refractivity (Wildman–Crippen MR) is 93.2 cm³/mol. The van der Waals surface area contributed by atoms with Crippen molar-refractivity contribution in [3.63, 3.8) is 0 Å². The van der Waals surface area contributed by atoms with Crippen molar-refractivity contribution in [2.24, 2.45) is 5.92 Å². The second-order valence-electron chi connectivity index (χ2n) is 6.49. The third kappa shape index (κ3) is 3.85. The zero-order valence-electron chi connectivity index (χ0n) is 13.4. The van der Waals surface area contributed by atoms with E-state index in [1.54, 1.807) is 0 Å². The van der Waals surface area contributed by atoms with Gasteiger partial charge in [-0.25, -0.2) is 0 Å². The minimum Gasteiger partial charge on any atom is -0.334 e. The summed E-state index contributed by atoms with van der Waals surface area (Å²) in [5.41, 5.74) is 2.56. The Balaban J connectivity index is 1.63. The highest BCUT2D eigenvalue weighted by Gasteiger charge is 2.28. The zero-order chi connectivity index (χ0) is 15.4. The van der Waals surface area contributed by atoms with Crippen molar-refractivity contribution in [2.75, 3.05) is 31.1 Å². The van der Waals surface area contributed by atoms with Crippen molar-refractivity contribution in [1.82, 2.24) is 10.2 Å². The molecule has 0 radical (unpaired) electrons. The lowest BCUT2D eigenvalue weighted by molar-refractivity contribution is -0.133. The van der Waals surface area contributed by atoms with Crippen LogP contribution in [0.25, 0.3) is 0 Å². The molecule has 2 aliphatic heterocycles. The minimum atomic E-state index is 0.258. The Morgan fingerprint density at radius 3 is 2.91 bits per heavy atom. The molecule has 2 heterocycles. The first-order valence-electron chi connectivity index (χ1n) is 8.38. The quantitative estimate of drug-likeness (QED) is 0.926. The molecule has 2 unspecified atom stereocenters. The van der Waals surface area contributed by atoms with E-state index in [2.05, 4.69) is 41.4 Å². The van der Waals surface area contributed by atoms with Crippen LogP contribution in [0.1, 0.15) is 36.4 Å². The van der Waals surface area contributed by atoms with E-state index >= 15 is 0 Å². The first-order chi connectivity index (χ1) is 10.7. The van der Waals surface area contributed by atoms with Crippen molar-refractivity contribution in [3.8, 4) is 0 Å². The largest absolute Gasteiger partial charge is 0.334 e. The molecule has 3 nitrogen and oxygen atoms in total. The van der Waals surface area contributed by atoms with Gasteiger partial charge in [0.25, 0.3) is 0 Å². The first kappa shape index (κ1) is 15.9. The average Bonchev–Trinajstić information content (AvgIpc) is 3.07. The average molecular weight is 318 g/mol. The fourth-order valence-electron chi connectivity index (χ4n) is 3.40. The molecule has 2 atom stereocenters. The van der Waals surface area contributed by atoms with Crippen molar-refractivity contribution in [3.05, 3.63) is 35.4 Å². The molecule has 2 fully saturated rings. The van der Waals surface area contributed by atoms with Crippen LogP contribution in [0.4, 0.5) is 0 Å². The summed E-state index contributed by atoms with van der Waals surface area (Å²) >= 11 is 1.96. The summed E-state index contributed by atoms with van der Waals surface area (Å²) < 4.78 is 0. The smallest absolute Gasteiger partial charge is 0.223 e. The van der Waals surface area contributed by atoms with Gasteiger partial charge < -0.3 is 10.2 Å². The van der Waals surface area contributed by atoms with Crippen LogP contribution in [0, 0.1) is 12.8 Å². The second kappa shape index (κ2) is 7.51. The number of carbonyl (C=O) groups is 1. The summed E-state index contributed by atoms with van der Waals surface area (Å²) in [6.45, 7) is 5.21. The van der Waals surface area contributed by atoms with Gasteiger partial charge in [0.05, 0.1) is 6.04 Å². The molecule has 0 aromatic heterocycles. The lowest BCUT2D eigenvalue weighted by Gasteiger charge is -2.36. The topological polar surface area (TPSA) is 32.3 Å². The fourth-order valence-corrected chi connectivity index (χ4v) is 4.49. The van der Waals surface area contributed by atoms with Gasteiger partial charge in [-0.2, -0.15) is 11.8 Å². The molecule has 0 aliphatic carbocycles. The first-order valence-corrected chi connectivity index (χ1v) is 9.54. The van der Waals surface area contributed by atoms with E-state index in [1.807, 2.05) is 11.8 Å². The van der Waals surface area contributed by atoms with E-state index in [-0.39, 0.29) is 6.04 Å². The molecule has 22 heavy (non-hydrogen) atoms. The van der Waals surface area contributed by atoms with Crippen LogP contribution in [-0.4, -0.2) is 41.9 Å². The summed E-state index contributed by atoms with van der Waals surface area (Å²) in [5.74, 6) is 3.14. The summed E-state index contributed by atoms with van der Waals surface area (Å²) in [4.78, 5) is 14.8. The Kier molecular flexibility index (Phi) is 5.42. The van der Waals surface area contributed by atoms with Crippen molar-refractivity contribution in [2.45, 2.75) is 32.2 Å². The van der Waals surface area contributed by atoms with E-state index < -0.39 is 0 Å². The number of hydrogen-bond acceptors (Lipinski definition) is 3. The van der Waals surface area contributed by atoms with Gasteiger partial charge in [-0.05, 0) is 44.3 Å². The molecule has 3 rings (SSSR count). The molecular formula is C18H26N2OS. The SMILES string of the molecule is Cc1ccc(C2CSCCN2C(=O)CCC2CCNC2)cc1. The zero-order valence-corrected chi connectivity index (χ0v) is 14.2. The number of nitrogens with zero attached hydrogens (tertiary/aromatic N) is 1. The van der Waals surface area contributed by atoms with E-state index in [0.717, 1.165) is 37.6 Å². The summed E-state index contributed by atoms with van der Waals surface area (Å²) in [7, 11) is 0. The highest BCUT2D eigenvalue weighted by atomic mass is 32.2. The number of benzene rings is 1. The van der Waals surface area contributed by atoms with E-state index in [0.29, 0.717) is 18.2 Å². The van der Waals surface area contributed by atoms with Crippen molar-refractivity contribution in [1.29, 1.82) is 0 Å². The van der Waals surface area contributed by atoms with Crippen LogP contribution in [-0.2, 0) is 4.79 Å². The van der Waals surface area contributed by atoms with Gasteiger partial charge >= 0.3 is 0 Å². The van der Waals surface area contributed by atoms with Crippen molar-refractivity contribution < 1.29 is 4.79 Å². The second-order valence-corrected chi connectivity index (χ2v) is 7.64. The molecule has 2 saturated heterocycles. The molecule has 2 aliphatic rings. The number of aryl methyl sites for hydroxylation is 1. The Morgan fingerprint density at radius 2 is 2.18 bits per heavy atom. The normalized spacial score (nSPS) is 25.4. The van der Waals surface area contributed by atoms with Crippen LogP contribution >= 0.6 is 11.8 Å². The molecule has 0 bridgehead atoms. The number of nitrogens with one attached hydrogen (secondary N) is 1. The monoisotopic (exact) mass is 318 g/mol. The van der Waals surface area contributed by atoms with Crippen LogP contribution in [0.15, 0.2) is 24.3 Å². The van der Waals surface area contributed by atoms with E-state index in [1.165, 1.54) is 17.5 Å². The van der Waals surface area contributed by atoms with Gasteiger partial charge in [0.2, 0.25) is 5.91 Å². The third-order valence-corrected chi connectivity index (χ3v) is 5.86. The summed E-state index contributed by atoms with van der Waals surface area (Å²) in [5, 5.41) is 3.39. The molecular weight excluding hydrogens is 292 g/mol. The maximum atomic E-state index is 12.7. The van der Waals surface area contributed by atoms with Gasteiger partial charge in [-0.1, -0.05) is 29.8 Å². The predicted octanol–water partition coefficient (Wildman–Crippen LogP) is 3.00. The third-order valence-electron chi connectivity index (χ3n) is 4.84. The molecule has 1 aromatic carbocycles. The molecule has 1 N–H and O–H groups in total. The minimum absolute atomic E-state index is 0.258. The fraction of sp³-hybridized carbons (Fsp3) is 0.611. The number of carbonyl (C=O) groups excluding carboxylic acids is 1. The van der Waals surface area contributed by atoms with E-state index in [4.69, 9.17) is 0 Å². The molecule has 0 spiro atoms. The maximum Gasteiger partial charge on any atom is 0.223 e. The van der Waals surface area contributed by atoms with Gasteiger partial charge in [-0.15, -0.1) is 0 Å². The van der Waals surface area contributed by atoms with Crippen LogP contribution in [0.5, 0.6) is 0 Å². The summed E-state index contributed by atoms with van der Waals surface area (Å²) in [6.07, 6.45) is 2.97. The molecule has 1 aromatic rings. The molecule has 120 valence electrons. The number of rotatable bonds is 4. The van der Waals surface area contributed by atoms with Gasteiger partial charge in [0.1, 0.15) is 0 Å². The maximum absolute atomic E-state index is 12.7. The van der Waals surface area contributed by atoms with Crippen LogP contribution in [0.2, 0.25) is 0 Å². The Morgan fingerprint density at radius 1 is 1.36 bits per heavy atom. The molecule has 0 saturated carbocycles. The lowest BCUT2D eigenvalue weighted by Crippen LogP contribution is -2.40.